The molecule has 0 saturated carbocycles. The average Bonchev–Trinajstić information content (AvgIpc) is 2.46. The second kappa shape index (κ2) is 6.37. The fourth-order valence-electron chi connectivity index (χ4n) is 1.90. The van der Waals surface area contributed by atoms with Gasteiger partial charge in [0, 0.05) is 22.9 Å². The predicted octanol–water partition coefficient (Wildman–Crippen LogP) is 2.64. The van der Waals surface area contributed by atoms with E-state index in [4.69, 9.17) is 5.73 Å². The van der Waals surface area contributed by atoms with Crippen LogP contribution in [0.25, 0.3) is 0 Å². The van der Waals surface area contributed by atoms with Gasteiger partial charge in [-0.3, -0.25) is 9.78 Å². The van der Waals surface area contributed by atoms with Gasteiger partial charge in [0.25, 0.3) is 0 Å². The van der Waals surface area contributed by atoms with Gasteiger partial charge in [-0.2, -0.15) is 0 Å². The molecule has 0 aliphatic carbocycles. The van der Waals surface area contributed by atoms with Gasteiger partial charge in [0.15, 0.2) is 0 Å². The number of nitrogens with two attached hydrogens (primary N) is 1. The van der Waals surface area contributed by atoms with Crippen molar-refractivity contribution in [3.8, 4) is 0 Å². The predicted molar refractivity (Wildman–Crippen MR) is 86.5 cm³/mol. The van der Waals surface area contributed by atoms with Crippen LogP contribution in [0.1, 0.15) is 23.7 Å². The largest absolute Gasteiger partial charge is 0.350 e. The molecule has 1 heterocycles. The maximum atomic E-state index is 12.3. The van der Waals surface area contributed by atoms with E-state index in [-0.39, 0.29) is 5.91 Å². The van der Waals surface area contributed by atoms with E-state index in [1.54, 1.807) is 13.1 Å². The molecule has 0 saturated heterocycles. The van der Waals surface area contributed by atoms with Gasteiger partial charge in [0.05, 0.1) is 0 Å². The standard InChI is InChI=1S/C16H18BrN3O/c1-11-3-4-12(9-19-11)10-20-15(21)16(2,18)13-5-7-14(17)8-6-13/h3-9H,10,18H2,1-2H3,(H,20,21). The molecule has 5 heteroatoms. The van der Waals surface area contributed by atoms with Gasteiger partial charge in [-0.25, -0.2) is 0 Å². The Balaban J connectivity index is 2.04. The van der Waals surface area contributed by atoms with Crippen molar-refractivity contribution < 1.29 is 4.79 Å². The molecule has 0 spiro atoms. The number of aromatic nitrogens is 1. The van der Waals surface area contributed by atoms with Crippen molar-refractivity contribution in [2.75, 3.05) is 0 Å². The third-order valence-corrected chi connectivity index (χ3v) is 3.87. The van der Waals surface area contributed by atoms with E-state index in [1.165, 1.54) is 0 Å². The summed E-state index contributed by atoms with van der Waals surface area (Å²) in [5.41, 5.74) is 7.77. The Labute approximate surface area is 132 Å². The van der Waals surface area contributed by atoms with E-state index in [1.807, 2.05) is 43.3 Å². The van der Waals surface area contributed by atoms with Gasteiger partial charge < -0.3 is 11.1 Å². The zero-order valence-electron chi connectivity index (χ0n) is 12.1. The Hall–Kier alpha value is -1.72. The topological polar surface area (TPSA) is 68.0 Å². The fraction of sp³-hybridized carbons (Fsp3) is 0.250. The molecule has 3 N–H and O–H groups in total. The number of aryl methyl sites for hydroxylation is 1. The molecule has 0 bridgehead atoms. The van der Waals surface area contributed by atoms with Crippen molar-refractivity contribution in [2.24, 2.45) is 5.73 Å². The number of nitrogens with zero attached hydrogens (tertiary/aromatic N) is 1. The van der Waals surface area contributed by atoms with E-state index in [0.717, 1.165) is 21.3 Å². The summed E-state index contributed by atoms with van der Waals surface area (Å²) in [6.07, 6.45) is 1.75. The van der Waals surface area contributed by atoms with Crippen LogP contribution >= 0.6 is 15.9 Å². The molecular weight excluding hydrogens is 330 g/mol. The maximum absolute atomic E-state index is 12.3. The third-order valence-electron chi connectivity index (χ3n) is 3.34. The van der Waals surface area contributed by atoms with Crippen molar-refractivity contribution in [1.29, 1.82) is 0 Å². The Morgan fingerprint density at radius 1 is 1.29 bits per heavy atom. The maximum Gasteiger partial charge on any atom is 0.244 e. The molecule has 1 aromatic carbocycles. The number of amides is 1. The third kappa shape index (κ3) is 3.89. The van der Waals surface area contributed by atoms with Gasteiger partial charge in [-0.05, 0) is 43.2 Å². The summed E-state index contributed by atoms with van der Waals surface area (Å²) in [6, 6.07) is 11.3. The monoisotopic (exact) mass is 347 g/mol. The van der Waals surface area contributed by atoms with E-state index in [2.05, 4.69) is 26.2 Å². The summed E-state index contributed by atoms with van der Waals surface area (Å²) in [6.45, 7) is 4.04. The number of benzene rings is 1. The molecule has 21 heavy (non-hydrogen) atoms. The lowest BCUT2D eigenvalue weighted by Crippen LogP contribution is -2.48. The number of halogens is 1. The van der Waals surface area contributed by atoms with Crippen LogP contribution in [0.15, 0.2) is 47.1 Å². The highest BCUT2D eigenvalue weighted by Gasteiger charge is 2.30. The van der Waals surface area contributed by atoms with Gasteiger partial charge in [0.1, 0.15) is 5.54 Å². The molecule has 4 nitrogen and oxygen atoms in total. The molecule has 2 aromatic rings. The summed E-state index contributed by atoms with van der Waals surface area (Å²) >= 11 is 3.37. The lowest BCUT2D eigenvalue weighted by atomic mass is 9.92. The van der Waals surface area contributed by atoms with Crippen LogP contribution in [0, 0.1) is 6.92 Å². The fourth-order valence-corrected chi connectivity index (χ4v) is 2.16. The summed E-state index contributed by atoms with van der Waals surface area (Å²) in [4.78, 5) is 16.5. The number of nitrogens with one attached hydrogen (secondary N) is 1. The smallest absolute Gasteiger partial charge is 0.244 e. The minimum Gasteiger partial charge on any atom is -0.350 e. The van der Waals surface area contributed by atoms with Crippen LogP contribution in [-0.4, -0.2) is 10.9 Å². The summed E-state index contributed by atoms with van der Waals surface area (Å²) in [5.74, 6) is -0.217. The average molecular weight is 348 g/mol. The van der Waals surface area contributed by atoms with Gasteiger partial charge in [-0.1, -0.05) is 34.1 Å². The molecule has 2 rings (SSSR count). The molecular formula is C16H18BrN3O. The zero-order chi connectivity index (χ0) is 15.5. The highest BCUT2D eigenvalue weighted by atomic mass is 79.9. The van der Waals surface area contributed by atoms with E-state index >= 15 is 0 Å². The van der Waals surface area contributed by atoms with Gasteiger partial charge in [0.2, 0.25) is 5.91 Å². The van der Waals surface area contributed by atoms with E-state index in [9.17, 15) is 4.79 Å². The SMILES string of the molecule is Cc1ccc(CNC(=O)C(C)(N)c2ccc(Br)cc2)cn1. The number of carbonyl (C=O) groups excluding carboxylic acids is 1. The lowest BCUT2D eigenvalue weighted by molar-refractivity contribution is -0.126. The molecule has 0 fully saturated rings. The second-order valence-corrected chi connectivity index (χ2v) is 6.12. The highest BCUT2D eigenvalue weighted by molar-refractivity contribution is 9.10. The van der Waals surface area contributed by atoms with Crippen LogP contribution in [0.5, 0.6) is 0 Å². The highest BCUT2D eigenvalue weighted by Crippen LogP contribution is 2.20. The molecule has 110 valence electrons. The van der Waals surface area contributed by atoms with Gasteiger partial charge in [-0.15, -0.1) is 0 Å². The van der Waals surface area contributed by atoms with Crippen LogP contribution in [-0.2, 0) is 16.9 Å². The zero-order valence-corrected chi connectivity index (χ0v) is 13.6. The number of rotatable bonds is 4. The molecule has 1 aromatic heterocycles. The van der Waals surface area contributed by atoms with Crippen molar-refractivity contribution >= 4 is 21.8 Å². The molecule has 0 radical (unpaired) electrons. The first kappa shape index (κ1) is 15.7. The summed E-state index contributed by atoms with van der Waals surface area (Å²) < 4.78 is 0.952. The minimum absolute atomic E-state index is 0.217. The number of hydrogen-bond acceptors (Lipinski definition) is 3. The number of hydrogen-bond donors (Lipinski definition) is 2. The first-order valence-electron chi connectivity index (χ1n) is 6.64. The Kier molecular flexibility index (Phi) is 4.75. The first-order valence-corrected chi connectivity index (χ1v) is 7.43. The molecule has 0 aliphatic rings. The van der Waals surface area contributed by atoms with Crippen LogP contribution in [0.2, 0.25) is 0 Å². The van der Waals surface area contributed by atoms with E-state index in [0.29, 0.717) is 6.54 Å². The van der Waals surface area contributed by atoms with Crippen molar-refractivity contribution in [3.05, 3.63) is 63.9 Å². The summed E-state index contributed by atoms with van der Waals surface area (Å²) in [7, 11) is 0. The van der Waals surface area contributed by atoms with Crippen LogP contribution in [0.4, 0.5) is 0 Å². The van der Waals surface area contributed by atoms with Crippen molar-refractivity contribution in [2.45, 2.75) is 25.9 Å². The Bertz CT molecular complexity index is 621. The summed E-state index contributed by atoms with van der Waals surface area (Å²) in [5, 5.41) is 2.86. The quantitative estimate of drug-likeness (QED) is 0.893. The molecule has 0 aliphatic heterocycles. The first-order chi connectivity index (χ1) is 9.89. The molecule has 1 atom stereocenters. The van der Waals surface area contributed by atoms with Crippen molar-refractivity contribution in [3.63, 3.8) is 0 Å². The minimum atomic E-state index is -1.07. The van der Waals surface area contributed by atoms with Crippen LogP contribution in [0.3, 0.4) is 0 Å². The van der Waals surface area contributed by atoms with Gasteiger partial charge >= 0.3 is 0 Å². The molecule has 1 amide bonds. The normalized spacial score (nSPS) is 13.5. The number of carbonyl (C=O) groups is 1. The second-order valence-electron chi connectivity index (χ2n) is 5.20. The Morgan fingerprint density at radius 3 is 2.52 bits per heavy atom. The Morgan fingerprint density at radius 2 is 1.95 bits per heavy atom. The van der Waals surface area contributed by atoms with Crippen LogP contribution < -0.4 is 11.1 Å². The van der Waals surface area contributed by atoms with E-state index < -0.39 is 5.54 Å². The lowest BCUT2D eigenvalue weighted by Gasteiger charge is -2.24. The number of pyridine rings is 1. The van der Waals surface area contributed by atoms with Crippen molar-refractivity contribution in [1.82, 2.24) is 10.3 Å². The molecule has 1 unspecified atom stereocenters.